The molecule has 0 radical (unpaired) electrons. The van der Waals surface area contributed by atoms with Crippen molar-refractivity contribution in [1.29, 1.82) is 0 Å². The van der Waals surface area contributed by atoms with Crippen LogP contribution in [0.25, 0.3) is 0 Å². The van der Waals surface area contributed by atoms with Crippen LogP contribution in [0.5, 0.6) is 0 Å². The highest BCUT2D eigenvalue weighted by Gasteiger charge is 2.10. The number of aryl methyl sites for hydroxylation is 1. The number of nitrogens with zero attached hydrogens (tertiary/aromatic N) is 2. The molecule has 1 heterocycles. The lowest BCUT2D eigenvalue weighted by Crippen LogP contribution is -2.13. The lowest BCUT2D eigenvalue weighted by atomic mass is 10.1. The Morgan fingerprint density at radius 3 is 2.69 bits per heavy atom. The van der Waals surface area contributed by atoms with E-state index in [2.05, 4.69) is 33.8 Å². The highest BCUT2D eigenvalue weighted by Crippen LogP contribution is 2.29. The lowest BCUT2D eigenvalue weighted by molar-refractivity contribution is -0.113. The number of aromatic nitrogens is 2. The van der Waals surface area contributed by atoms with E-state index >= 15 is 0 Å². The van der Waals surface area contributed by atoms with Gasteiger partial charge >= 0.3 is 0 Å². The monoisotopic (exact) mass is 388 g/mol. The van der Waals surface area contributed by atoms with Gasteiger partial charge in [0.05, 0.1) is 5.75 Å². The number of anilines is 3. The van der Waals surface area contributed by atoms with Gasteiger partial charge in [-0.1, -0.05) is 35.2 Å². The van der Waals surface area contributed by atoms with Crippen LogP contribution in [-0.4, -0.2) is 21.9 Å². The Morgan fingerprint density at radius 1 is 1.15 bits per heavy atom. The van der Waals surface area contributed by atoms with Crippen LogP contribution in [0.1, 0.15) is 11.1 Å². The molecule has 3 rings (SSSR count). The van der Waals surface area contributed by atoms with E-state index in [1.807, 2.05) is 19.1 Å². The second-order valence-electron chi connectivity index (χ2n) is 5.59. The van der Waals surface area contributed by atoms with Crippen molar-refractivity contribution in [3.8, 4) is 0 Å². The fourth-order valence-electron chi connectivity index (χ4n) is 2.18. The zero-order chi connectivity index (χ0) is 18.5. The van der Waals surface area contributed by atoms with Gasteiger partial charge in [-0.3, -0.25) is 4.79 Å². The van der Waals surface area contributed by atoms with Gasteiger partial charge in [0.15, 0.2) is 4.34 Å². The van der Waals surface area contributed by atoms with Crippen LogP contribution in [0.4, 0.5) is 20.9 Å². The predicted molar refractivity (Wildman–Crippen MR) is 105 cm³/mol. The number of carbonyl (C=O) groups excluding carboxylic acids is 1. The fraction of sp³-hybridized carbons (Fsp3) is 0.167. The summed E-state index contributed by atoms with van der Waals surface area (Å²) in [5.74, 6) is -0.314. The normalized spacial score (nSPS) is 10.6. The Bertz CT molecular complexity index is 912. The molecule has 5 nitrogen and oxygen atoms in total. The Balaban J connectivity index is 1.54. The van der Waals surface area contributed by atoms with Gasteiger partial charge in [-0.25, -0.2) is 4.39 Å². The standard InChI is InChI=1S/C18H17FN4OS2/c1-11-4-3-5-15(12(11)2)21-17-22-23-18(26-17)25-10-16(24)20-14-8-6-13(19)7-9-14/h3-9H,10H2,1-2H3,(H,20,24)(H,21,22). The Hall–Kier alpha value is -2.45. The molecular formula is C18H17FN4OS2. The molecule has 3 aromatic rings. The van der Waals surface area contributed by atoms with Crippen molar-refractivity contribution in [2.24, 2.45) is 0 Å². The molecule has 0 bridgehead atoms. The zero-order valence-electron chi connectivity index (χ0n) is 14.2. The van der Waals surface area contributed by atoms with Crippen LogP contribution in [0.3, 0.4) is 0 Å². The second kappa shape index (κ2) is 8.29. The highest BCUT2D eigenvalue weighted by atomic mass is 32.2. The van der Waals surface area contributed by atoms with Crippen molar-refractivity contribution < 1.29 is 9.18 Å². The molecule has 0 aliphatic heterocycles. The molecule has 0 spiro atoms. The predicted octanol–water partition coefficient (Wildman–Crippen LogP) is 4.77. The smallest absolute Gasteiger partial charge is 0.234 e. The summed E-state index contributed by atoms with van der Waals surface area (Å²) in [4.78, 5) is 12.0. The van der Waals surface area contributed by atoms with Gasteiger partial charge in [0, 0.05) is 11.4 Å². The molecule has 0 saturated carbocycles. The third-order valence-corrected chi connectivity index (χ3v) is 5.68. The largest absolute Gasteiger partial charge is 0.330 e. The van der Waals surface area contributed by atoms with Gasteiger partial charge in [0.1, 0.15) is 5.82 Å². The number of amides is 1. The molecule has 0 fully saturated rings. The van der Waals surface area contributed by atoms with Crippen LogP contribution in [-0.2, 0) is 4.79 Å². The van der Waals surface area contributed by atoms with E-state index < -0.39 is 0 Å². The quantitative estimate of drug-likeness (QED) is 0.596. The highest BCUT2D eigenvalue weighted by molar-refractivity contribution is 8.01. The summed E-state index contributed by atoms with van der Waals surface area (Å²) in [5.41, 5.74) is 3.92. The molecule has 2 N–H and O–H groups in total. The Kier molecular flexibility index (Phi) is 5.85. The van der Waals surface area contributed by atoms with Gasteiger partial charge in [0.2, 0.25) is 11.0 Å². The first-order chi connectivity index (χ1) is 12.5. The first-order valence-corrected chi connectivity index (χ1v) is 9.66. The number of benzene rings is 2. The van der Waals surface area contributed by atoms with Crippen LogP contribution in [0.2, 0.25) is 0 Å². The Labute approximate surface area is 159 Å². The van der Waals surface area contributed by atoms with Gasteiger partial charge in [0.25, 0.3) is 0 Å². The summed E-state index contributed by atoms with van der Waals surface area (Å²) in [6, 6.07) is 11.7. The molecule has 1 amide bonds. The second-order valence-corrected chi connectivity index (χ2v) is 7.79. The van der Waals surface area contributed by atoms with Crippen molar-refractivity contribution >= 4 is 45.5 Å². The van der Waals surface area contributed by atoms with Crippen molar-refractivity contribution in [2.45, 2.75) is 18.2 Å². The number of halogens is 1. The summed E-state index contributed by atoms with van der Waals surface area (Å²) in [5, 5.41) is 14.9. The maximum absolute atomic E-state index is 12.9. The molecule has 0 aliphatic rings. The van der Waals surface area contributed by atoms with Crippen LogP contribution >= 0.6 is 23.1 Å². The van der Waals surface area contributed by atoms with Gasteiger partial charge in [-0.2, -0.15) is 0 Å². The van der Waals surface area contributed by atoms with Crippen molar-refractivity contribution in [3.63, 3.8) is 0 Å². The van der Waals surface area contributed by atoms with E-state index in [-0.39, 0.29) is 17.5 Å². The molecule has 1 aromatic heterocycles. The summed E-state index contributed by atoms with van der Waals surface area (Å²) >= 11 is 2.70. The van der Waals surface area contributed by atoms with Gasteiger partial charge in [-0.15, -0.1) is 10.2 Å². The van der Waals surface area contributed by atoms with E-state index in [0.29, 0.717) is 15.2 Å². The van der Waals surface area contributed by atoms with E-state index in [9.17, 15) is 9.18 Å². The molecule has 0 unspecified atom stereocenters. The summed E-state index contributed by atoms with van der Waals surface area (Å²) < 4.78 is 13.6. The third-order valence-electron chi connectivity index (χ3n) is 3.71. The zero-order valence-corrected chi connectivity index (χ0v) is 15.9. The molecule has 0 atom stereocenters. The minimum absolute atomic E-state index is 0.180. The minimum atomic E-state index is -0.338. The van der Waals surface area contributed by atoms with Crippen LogP contribution < -0.4 is 10.6 Å². The number of nitrogens with one attached hydrogen (secondary N) is 2. The van der Waals surface area contributed by atoms with E-state index in [0.717, 1.165) is 11.3 Å². The number of carbonyl (C=O) groups is 1. The molecule has 0 aliphatic carbocycles. The molecule has 134 valence electrons. The summed E-state index contributed by atoms with van der Waals surface area (Å²) in [7, 11) is 0. The first kappa shape index (κ1) is 18.3. The first-order valence-electron chi connectivity index (χ1n) is 7.86. The van der Waals surface area contributed by atoms with Gasteiger partial charge < -0.3 is 10.6 Å². The maximum Gasteiger partial charge on any atom is 0.234 e. The minimum Gasteiger partial charge on any atom is -0.330 e. The molecule has 0 saturated heterocycles. The number of hydrogen-bond donors (Lipinski definition) is 2. The van der Waals surface area contributed by atoms with Crippen LogP contribution in [0.15, 0.2) is 46.8 Å². The molecular weight excluding hydrogens is 371 g/mol. The summed E-state index contributed by atoms with van der Waals surface area (Å²) in [6.45, 7) is 4.11. The summed E-state index contributed by atoms with van der Waals surface area (Å²) in [6.07, 6.45) is 0. The van der Waals surface area contributed by atoms with E-state index in [1.54, 1.807) is 0 Å². The van der Waals surface area contributed by atoms with Crippen molar-refractivity contribution in [1.82, 2.24) is 10.2 Å². The topological polar surface area (TPSA) is 66.9 Å². The maximum atomic E-state index is 12.9. The number of rotatable bonds is 6. The van der Waals surface area contributed by atoms with Gasteiger partial charge in [-0.05, 0) is 55.3 Å². The molecule has 2 aromatic carbocycles. The van der Waals surface area contributed by atoms with Crippen LogP contribution in [0, 0.1) is 19.7 Å². The number of hydrogen-bond acceptors (Lipinski definition) is 6. The number of thioether (sulfide) groups is 1. The average molecular weight is 388 g/mol. The molecule has 8 heteroatoms. The SMILES string of the molecule is Cc1cccc(Nc2nnc(SCC(=O)Nc3ccc(F)cc3)s2)c1C. The van der Waals surface area contributed by atoms with E-state index in [4.69, 9.17) is 0 Å². The van der Waals surface area contributed by atoms with Crippen molar-refractivity contribution in [2.75, 3.05) is 16.4 Å². The van der Waals surface area contributed by atoms with E-state index in [1.165, 1.54) is 52.9 Å². The lowest BCUT2D eigenvalue weighted by Gasteiger charge is -2.08. The fourth-order valence-corrected chi connectivity index (χ4v) is 3.74. The third kappa shape index (κ3) is 4.80. The molecule has 26 heavy (non-hydrogen) atoms. The van der Waals surface area contributed by atoms with Crippen molar-refractivity contribution in [3.05, 3.63) is 59.4 Å². The average Bonchev–Trinajstić information content (AvgIpc) is 3.07. The Morgan fingerprint density at radius 2 is 1.92 bits per heavy atom.